The highest BCUT2D eigenvalue weighted by atomic mass is 35.5. The predicted octanol–water partition coefficient (Wildman–Crippen LogP) is 4.34. The van der Waals surface area contributed by atoms with Gasteiger partial charge in [-0.15, -0.1) is 11.6 Å². The van der Waals surface area contributed by atoms with E-state index in [-0.39, 0.29) is 17.7 Å². The number of Topliss-reactive ketones (excluding diaryl/α,β-unsaturated/α-hetero) is 1. The van der Waals surface area contributed by atoms with Gasteiger partial charge < -0.3 is 4.74 Å². The maximum Gasteiger partial charge on any atom is 0.446 e. The Morgan fingerprint density at radius 3 is 2.48 bits per heavy atom. The summed E-state index contributed by atoms with van der Waals surface area (Å²) in [4.78, 5) is 22.7. The van der Waals surface area contributed by atoms with Gasteiger partial charge in [-0.1, -0.05) is 12.1 Å². The molecule has 0 amide bonds. The van der Waals surface area contributed by atoms with E-state index in [9.17, 15) is 22.8 Å². The first-order valence-electron chi connectivity index (χ1n) is 5.87. The number of ether oxygens (including phenoxy) is 1. The Morgan fingerprint density at radius 1 is 1.38 bits per heavy atom. The number of carbonyl (C=O) groups is 2. The van der Waals surface area contributed by atoms with E-state index in [1.165, 1.54) is 25.1 Å². The van der Waals surface area contributed by atoms with E-state index in [1.54, 1.807) is 0 Å². The summed E-state index contributed by atoms with van der Waals surface area (Å²) in [6, 6.07) is 3.86. The fourth-order valence-electron chi connectivity index (χ4n) is 1.57. The van der Waals surface area contributed by atoms with Gasteiger partial charge in [0.25, 0.3) is 0 Å². The molecule has 0 aliphatic heterocycles. The maximum absolute atomic E-state index is 12.7. The van der Waals surface area contributed by atoms with Crippen molar-refractivity contribution in [3.8, 4) is 0 Å². The van der Waals surface area contributed by atoms with Gasteiger partial charge in [0.2, 0.25) is 0 Å². The van der Waals surface area contributed by atoms with Gasteiger partial charge >= 0.3 is 11.5 Å². The number of ketones is 1. The molecular weight excluding hydrogens is 329 g/mol. The summed E-state index contributed by atoms with van der Waals surface area (Å²) in [6.45, 7) is 2.73. The minimum absolute atomic E-state index is 0.0240. The average molecular weight is 341 g/mol. The SMILES string of the molecule is CCOC(=O)c1cccc(C(Cl)C(C)=O)c1SC(F)(F)F. The lowest BCUT2D eigenvalue weighted by Gasteiger charge is -2.17. The molecule has 8 heteroatoms. The van der Waals surface area contributed by atoms with Crippen molar-refractivity contribution >= 4 is 35.1 Å². The standard InChI is InChI=1S/C13H12ClF3O3S/c1-3-20-12(19)9-6-4-5-8(10(14)7(2)18)11(9)21-13(15,16)17/h4-6,10H,3H2,1-2H3. The number of thioether (sulfide) groups is 1. The van der Waals surface area contributed by atoms with Crippen LogP contribution in [-0.2, 0) is 9.53 Å². The van der Waals surface area contributed by atoms with Gasteiger partial charge in [-0.3, -0.25) is 4.79 Å². The molecule has 0 fully saturated rings. The van der Waals surface area contributed by atoms with Crippen molar-refractivity contribution in [2.45, 2.75) is 29.6 Å². The molecule has 0 spiro atoms. The molecule has 0 radical (unpaired) electrons. The van der Waals surface area contributed by atoms with E-state index in [0.29, 0.717) is 0 Å². The summed E-state index contributed by atoms with van der Waals surface area (Å²) in [5.74, 6) is -1.40. The summed E-state index contributed by atoms with van der Waals surface area (Å²) in [5, 5.41) is -1.26. The third-order valence-corrected chi connectivity index (χ3v) is 3.82. The molecular formula is C13H12ClF3O3S. The summed E-state index contributed by atoms with van der Waals surface area (Å²) >= 11 is 5.36. The number of halogens is 4. The van der Waals surface area contributed by atoms with Crippen LogP contribution < -0.4 is 0 Å². The number of rotatable bonds is 5. The summed E-state index contributed by atoms with van der Waals surface area (Å²) in [5.41, 5.74) is -4.94. The van der Waals surface area contributed by atoms with Crippen LogP contribution in [0.15, 0.2) is 23.1 Å². The Bertz CT molecular complexity index is 546. The molecule has 0 saturated carbocycles. The van der Waals surface area contributed by atoms with Crippen molar-refractivity contribution in [1.82, 2.24) is 0 Å². The third-order valence-electron chi connectivity index (χ3n) is 2.39. The summed E-state index contributed by atoms with van der Waals surface area (Å²) < 4.78 is 42.8. The van der Waals surface area contributed by atoms with Crippen LogP contribution in [0.4, 0.5) is 13.2 Å². The number of hydrogen-bond acceptors (Lipinski definition) is 4. The number of benzene rings is 1. The minimum Gasteiger partial charge on any atom is -0.462 e. The molecule has 1 aromatic carbocycles. The van der Waals surface area contributed by atoms with E-state index in [1.807, 2.05) is 0 Å². The van der Waals surface area contributed by atoms with Crippen LogP contribution in [0.25, 0.3) is 0 Å². The average Bonchev–Trinajstić information content (AvgIpc) is 2.36. The zero-order valence-electron chi connectivity index (χ0n) is 11.2. The monoisotopic (exact) mass is 340 g/mol. The van der Waals surface area contributed by atoms with Crippen LogP contribution in [0.1, 0.15) is 35.1 Å². The van der Waals surface area contributed by atoms with Crippen LogP contribution in [0, 0.1) is 0 Å². The van der Waals surface area contributed by atoms with Gasteiger partial charge in [0.1, 0.15) is 5.38 Å². The van der Waals surface area contributed by atoms with Crippen LogP contribution in [-0.4, -0.2) is 23.9 Å². The number of hydrogen-bond donors (Lipinski definition) is 0. The van der Waals surface area contributed by atoms with Crippen molar-refractivity contribution in [3.05, 3.63) is 29.3 Å². The van der Waals surface area contributed by atoms with Crippen molar-refractivity contribution < 1.29 is 27.5 Å². The van der Waals surface area contributed by atoms with E-state index >= 15 is 0 Å². The minimum atomic E-state index is -4.62. The fraction of sp³-hybridized carbons (Fsp3) is 0.385. The Hall–Kier alpha value is -1.21. The summed E-state index contributed by atoms with van der Waals surface area (Å²) in [6.07, 6.45) is 0. The zero-order chi connectivity index (χ0) is 16.2. The molecule has 0 N–H and O–H groups in total. The molecule has 1 rings (SSSR count). The lowest BCUT2D eigenvalue weighted by Crippen LogP contribution is -2.13. The second-order valence-electron chi connectivity index (χ2n) is 3.97. The Kier molecular flexibility index (Phi) is 6.10. The summed E-state index contributed by atoms with van der Waals surface area (Å²) in [7, 11) is 0. The highest BCUT2D eigenvalue weighted by Crippen LogP contribution is 2.43. The van der Waals surface area contributed by atoms with Crippen molar-refractivity contribution in [3.63, 3.8) is 0 Å². The van der Waals surface area contributed by atoms with Crippen molar-refractivity contribution in [1.29, 1.82) is 0 Å². The van der Waals surface area contributed by atoms with Crippen LogP contribution in [0.2, 0.25) is 0 Å². The molecule has 1 aromatic rings. The van der Waals surface area contributed by atoms with Crippen LogP contribution in [0.5, 0.6) is 0 Å². The molecule has 116 valence electrons. The number of esters is 1. The van der Waals surface area contributed by atoms with E-state index in [2.05, 4.69) is 0 Å². The normalized spacial score (nSPS) is 12.9. The second-order valence-corrected chi connectivity index (χ2v) is 5.48. The van der Waals surface area contributed by atoms with Crippen LogP contribution in [0.3, 0.4) is 0 Å². The number of alkyl halides is 4. The molecule has 1 unspecified atom stereocenters. The van der Waals surface area contributed by atoms with E-state index < -0.39 is 39.3 Å². The fourth-order valence-corrected chi connectivity index (χ4v) is 2.62. The maximum atomic E-state index is 12.7. The molecule has 0 aromatic heterocycles. The smallest absolute Gasteiger partial charge is 0.446 e. The quantitative estimate of drug-likeness (QED) is 0.454. The molecule has 0 aliphatic rings. The van der Waals surface area contributed by atoms with Gasteiger partial charge in [-0.05, 0) is 37.2 Å². The van der Waals surface area contributed by atoms with Gasteiger partial charge in [0, 0.05) is 4.90 Å². The second kappa shape index (κ2) is 7.17. The zero-order valence-corrected chi connectivity index (χ0v) is 12.7. The molecule has 3 nitrogen and oxygen atoms in total. The molecule has 21 heavy (non-hydrogen) atoms. The lowest BCUT2D eigenvalue weighted by molar-refractivity contribution is -0.116. The first-order chi connectivity index (χ1) is 9.67. The lowest BCUT2D eigenvalue weighted by atomic mass is 10.1. The van der Waals surface area contributed by atoms with Gasteiger partial charge in [-0.25, -0.2) is 4.79 Å². The highest BCUT2D eigenvalue weighted by Gasteiger charge is 2.34. The Balaban J connectivity index is 3.40. The van der Waals surface area contributed by atoms with Crippen LogP contribution >= 0.6 is 23.4 Å². The topological polar surface area (TPSA) is 43.4 Å². The predicted molar refractivity (Wildman–Crippen MR) is 73.6 cm³/mol. The van der Waals surface area contributed by atoms with Gasteiger partial charge in [0.05, 0.1) is 12.2 Å². The van der Waals surface area contributed by atoms with E-state index in [4.69, 9.17) is 16.3 Å². The van der Waals surface area contributed by atoms with Gasteiger partial charge in [0.15, 0.2) is 5.78 Å². The third kappa shape index (κ3) is 4.93. The first kappa shape index (κ1) is 17.8. The highest BCUT2D eigenvalue weighted by molar-refractivity contribution is 8.00. The molecule has 1 atom stereocenters. The van der Waals surface area contributed by atoms with Gasteiger partial charge in [-0.2, -0.15) is 13.2 Å². The molecule has 0 aliphatic carbocycles. The molecule has 0 bridgehead atoms. The Labute approximate surface area is 128 Å². The molecule has 0 heterocycles. The van der Waals surface area contributed by atoms with Crippen molar-refractivity contribution in [2.75, 3.05) is 6.61 Å². The van der Waals surface area contributed by atoms with Crippen molar-refractivity contribution in [2.24, 2.45) is 0 Å². The van der Waals surface area contributed by atoms with E-state index in [0.717, 1.165) is 6.92 Å². The largest absolute Gasteiger partial charge is 0.462 e. The Morgan fingerprint density at radius 2 is 2.00 bits per heavy atom. The molecule has 0 saturated heterocycles. The number of carbonyl (C=O) groups excluding carboxylic acids is 2. The first-order valence-corrected chi connectivity index (χ1v) is 7.13.